The number of nitrogens with one attached hydrogen (secondary N) is 1. The van der Waals surface area contributed by atoms with E-state index < -0.39 is 45.3 Å². The fraction of sp³-hybridized carbons (Fsp3) is 0.105. The number of hydrogen-bond acceptors (Lipinski definition) is 4. The van der Waals surface area contributed by atoms with Crippen molar-refractivity contribution in [2.45, 2.75) is 10.4 Å². The van der Waals surface area contributed by atoms with Crippen molar-refractivity contribution < 1.29 is 26.7 Å². The maximum atomic E-state index is 14.5. The molecule has 1 N–H and O–H groups in total. The van der Waals surface area contributed by atoms with Crippen molar-refractivity contribution in [3.05, 3.63) is 65.5 Å². The average Bonchev–Trinajstić information content (AvgIpc) is 3.06. The van der Waals surface area contributed by atoms with E-state index in [4.69, 9.17) is 5.26 Å². The van der Waals surface area contributed by atoms with Gasteiger partial charge in [0.25, 0.3) is 5.91 Å². The molecule has 0 fully saturated rings. The summed E-state index contributed by atoms with van der Waals surface area (Å²) in [4.78, 5) is 12.1. The van der Waals surface area contributed by atoms with Crippen molar-refractivity contribution in [2.75, 3.05) is 5.32 Å². The van der Waals surface area contributed by atoms with E-state index in [1.807, 2.05) is 0 Å². The van der Waals surface area contributed by atoms with Gasteiger partial charge in [-0.3, -0.25) is 9.48 Å². The minimum Gasteiger partial charge on any atom is -0.322 e. The van der Waals surface area contributed by atoms with Crippen molar-refractivity contribution in [1.29, 1.82) is 5.26 Å². The summed E-state index contributed by atoms with van der Waals surface area (Å²) in [6.45, 7) is 0. The van der Waals surface area contributed by atoms with E-state index in [-0.39, 0.29) is 22.4 Å². The van der Waals surface area contributed by atoms with Gasteiger partial charge < -0.3 is 5.32 Å². The SMILES string of the molecule is Cn1cc(-c2c(F)cc(NC(=O)c3cc(C#N)ccc3SC(F)(F)F)cc2F)cn1. The summed E-state index contributed by atoms with van der Waals surface area (Å²) in [6.07, 6.45) is 2.65. The Morgan fingerprint density at radius 3 is 2.40 bits per heavy atom. The number of carbonyl (C=O) groups is 1. The fourth-order valence-corrected chi connectivity index (χ4v) is 3.31. The standard InChI is InChI=1S/C19H11F5N4OS/c1-28-9-11(8-26-28)17-14(20)5-12(6-15(17)21)27-18(29)13-4-10(7-25)2-3-16(13)30-19(22,23)24/h2-6,8-9H,1H3,(H,27,29). The number of anilines is 1. The molecule has 1 amide bonds. The van der Waals surface area contributed by atoms with Crippen LogP contribution in [0, 0.1) is 23.0 Å². The van der Waals surface area contributed by atoms with Crippen molar-refractivity contribution in [1.82, 2.24) is 9.78 Å². The van der Waals surface area contributed by atoms with E-state index in [2.05, 4.69) is 10.4 Å². The molecule has 0 unspecified atom stereocenters. The lowest BCUT2D eigenvalue weighted by molar-refractivity contribution is -0.0328. The van der Waals surface area contributed by atoms with Crippen LogP contribution in [0.3, 0.4) is 0 Å². The van der Waals surface area contributed by atoms with Crippen molar-refractivity contribution >= 4 is 23.4 Å². The molecule has 11 heteroatoms. The number of benzene rings is 2. The molecule has 3 aromatic rings. The zero-order chi connectivity index (χ0) is 22.1. The maximum absolute atomic E-state index is 14.5. The predicted octanol–water partition coefficient (Wildman–Crippen LogP) is 5.10. The van der Waals surface area contributed by atoms with Gasteiger partial charge in [0.15, 0.2) is 0 Å². The number of alkyl halides is 3. The van der Waals surface area contributed by atoms with Gasteiger partial charge in [-0.1, -0.05) is 0 Å². The molecule has 3 rings (SSSR count). The summed E-state index contributed by atoms with van der Waals surface area (Å²) in [6, 6.07) is 6.49. The number of nitrogens with zero attached hydrogens (tertiary/aromatic N) is 3. The number of aromatic nitrogens is 2. The number of hydrogen-bond donors (Lipinski definition) is 1. The average molecular weight is 438 g/mol. The van der Waals surface area contributed by atoms with Crippen LogP contribution in [0.4, 0.5) is 27.6 Å². The maximum Gasteiger partial charge on any atom is 0.446 e. The van der Waals surface area contributed by atoms with Crippen LogP contribution >= 0.6 is 11.8 Å². The third kappa shape index (κ3) is 4.77. The zero-order valence-electron chi connectivity index (χ0n) is 15.1. The number of nitriles is 1. The molecule has 154 valence electrons. The van der Waals surface area contributed by atoms with Crippen LogP contribution in [0.5, 0.6) is 0 Å². The van der Waals surface area contributed by atoms with E-state index in [9.17, 15) is 26.7 Å². The third-order valence-electron chi connectivity index (χ3n) is 3.87. The second-order valence-corrected chi connectivity index (χ2v) is 7.15. The number of thioether (sulfide) groups is 1. The molecular weight excluding hydrogens is 427 g/mol. The number of rotatable bonds is 4. The van der Waals surface area contributed by atoms with Crippen LogP contribution in [-0.4, -0.2) is 21.2 Å². The number of aryl methyl sites for hydroxylation is 1. The summed E-state index contributed by atoms with van der Waals surface area (Å²) in [5, 5.41) is 15.0. The van der Waals surface area contributed by atoms with E-state index in [0.29, 0.717) is 0 Å². The van der Waals surface area contributed by atoms with Gasteiger partial charge in [-0.05, 0) is 42.1 Å². The first-order chi connectivity index (χ1) is 14.1. The summed E-state index contributed by atoms with van der Waals surface area (Å²) in [5.74, 6) is -3.03. The topological polar surface area (TPSA) is 70.7 Å². The van der Waals surface area contributed by atoms with Crippen LogP contribution in [0.15, 0.2) is 47.6 Å². The molecule has 2 aromatic carbocycles. The van der Waals surface area contributed by atoms with Crippen LogP contribution < -0.4 is 5.32 Å². The molecule has 1 aromatic heterocycles. The number of halogens is 5. The van der Waals surface area contributed by atoms with Gasteiger partial charge in [0.2, 0.25) is 0 Å². The van der Waals surface area contributed by atoms with Gasteiger partial charge in [0, 0.05) is 29.4 Å². The van der Waals surface area contributed by atoms with Gasteiger partial charge >= 0.3 is 5.51 Å². The lowest BCUT2D eigenvalue weighted by Crippen LogP contribution is -2.15. The van der Waals surface area contributed by atoms with Gasteiger partial charge in [0.05, 0.1) is 29.0 Å². The van der Waals surface area contributed by atoms with Gasteiger partial charge in [0.1, 0.15) is 11.6 Å². The van der Waals surface area contributed by atoms with Crippen LogP contribution in [0.25, 0.3) is 11.1 Å². The van der Waals surface area contributed by atoms with Gasteiger partial charge in [-0.2, -0.15) is 23.5 Å². The molecule has 0 aliphatic heterocycles. The largest absolute Gasteiger partial charge is 0.446 e. The molecule has 0 saturated carbocycles. The van der Waals surface area contributed by atoms with Crippen LogP contribution in [0.1, 0.15) is 15.9 Å². The third-order valence-corrected chi connectivity index (χ3v) is 4.68. The molecule has 0 atom stereocenters. The summed E-state index contributed by atoms with van der Waals surface area (Å²) in [5.41, 5.74) is -5.65. The molecule has 5 nitrogen and oxygen atoms in total. The zero-order valence-corrected chi connectivity index (χ0v) is 15.9. The predicted molar refractivity (Wildman–Crippen MR) is 99.6 cm³/mol. The van der Waals surface area contributed by atoms with Crippen molar-refractivity contribution in [3.63, 3.8) is 0 Å². The molecule has 1 heterocycles. The Hall–Kier alpha value is -3.39. The monoisotopic (exact) mass is 438 g/mol. The van der Waals surface area contributed by atoms with E-state index in [1.54, 1.807) is 13.1 Å². The Kier molecular flexibility index (Phi) is 5.80. The Labute approximate surface area is 171 Å². The van der Waals surface area contributed by atoms with Crippen LogP contribution in [-0.2, 0) is 7.05 Å². The quantitative estimate of drug-likeness (QED) is 0.455. The molecule has 0 bridgehead atoms. The second-order valence-electron chi connectivity index (χ2n) is 6.04. The molecule has 0 radical (unpaired) electrons. The Morgan fingerprint density at radius 2 is 1.87 bits per heavy atom. The number of amides is 1. The van der Waals surface area contributed by atoms with Gasteiger partial charge in [-0.15, -0.1) is 0 Å². The van der Waals surface area contributed by atoms with E-state index >= 15 is 0 Å². The molecule has 30 heavy (non-hydrogen) atoms. The van der Waals surface area contributed by atoms with Crippen molar-refractivity contribution in [2.24, 2.45) is 7.05 Å². The van der Waals surface area contributed by atoms with E-state index in [0.717, 1.165) is 30.3 Å². The Balaban J connectivity index is 1.94. The minimum atomic E-state index is -4.67. The number of carbonyl (C=O) groups excluding carboxylic acids is 1. The molecule has 0 aliphatic rings. The summed E-state index contributed by atoms with van der Waals surface area (Å²) < 4.78 is 68.6. The molecule has 0 aliphatic carbocycles. The molecule has 0 spiro atoms. The first-order valence-corrected chi connectivity index (χ1v) is 8.98. The molecule has 0 saturated heterocycles. The normalized spacial score (nSPS) is 11.2. The van der Waals surface area contributed by atoms with Gasteiger partial charge in [-0.25, -0.2) is 8.78 Å². The fourth-order valence-electron chi connectivity index (χ4n) is 2.66. The van der Waals surface area contributed by atoms with E-state index in [1.165, 1.54) is 17.1 Å². The Morgan fingerprint density at radius 1 is 1.20 bits per heavy atom. The Bertz CT molecular complexity index is 1140. The van der Waals surface area contributed by atoms with Crippen molar-refractivity contribution in [3.8, 4) is 17.2 Å². The minimum absolute atomic E-state index is 0.0454. The highest BCUT2D eigenvalue weighted by Crippen LogP contribution is 2.39. The second kappa shape index (κ2) is 8.16. The molecular formula is C19H11F5N4OS. The highest BCUT2D eigenvalue weighted by atomic mass is 32.2. The first kappa shape index (κ1) is 21.3. The lowest BCUT2D eigenvalue weighted by atomic mass is 10.1. The highest BCUT2D eigenvalue weighted by molar-refractivity contribution is 8.00. The highest BCUT2D eigenvalue weighted by Gasteiger charge is 2.31. The summed E-state index contributed by atoms with van der Waals surface area (Å²) >= 11 is -0.534. The van der Waals surface area contributed by atoms with Crippen LogP contribution in [0.2, 0.25) is 0 Å². The summed E-state index contributed by atoms with van der Waals surface area (Å²) in [7, 11) is 1.57. The first-order valence-electron chi connectivity index (χ1n) is 8.16. The smallest absolute Gasteiger partial charge is 0.322 e. The lowest BCUT2D eigenvalue weighted by Gasteiger charge is -2.13.